The van der Waals surface area contributed by atoms with E-state index in [1.165, 1.54) is 4.88 Å². The highest BCUT2D eigenvalue weighted by atomic mass is 32.1. The smallest absolute Gasteiger partial charge is 0.408 e. The summed E-state index contributed by atoms with van der Waals surface area (Å²) in [6, 6.07) is 1.97. The third kappa shape index (κ3) is 5.41. The number of carbonyl (C=O) groups is 1. The molecule has 0 radical (unpaired) electrons. The highest BCUT2D eigenvalue weighted by Gasteiger charge is 2.14. The highest BCUT2D eigenvalue weighted by Crippen LogP contribution is 2.12. The largest absolute Gasteiger partial charge is 0.444 e. The molecule has 0 fully saturated rings. The summed E-state index contributed by atoms with van der Waals surface area (Å²) in [5, 5.41) is 4.59. The normalized spacial score (nSPS) is 10.4. The summed E-state index contributed by atoms with van der Waals surface area (Å²) in [5.74, 6) is 5.89. The zero-order valence-corrected chi connectivity index (χ0v) is 11.4. The van der Waals surface area contributed by atoms with Crippen LogP contribution in [0, 0.1) is 18.8 Å². The van der Waals surface area contributed by atoms with Crippen molar-refractivity contribution >= 4 is 17.4 Å². The maximum Gasteiger partial charge on any atom is 0.408 e. The van der Waals surface area contributed by atoms with Crippen LogP contribution in [0.25, 0.3) is 0 Å². The van der Waals surface area contributed by atoms with Crippen LogP contribution in [0.5, 0.6) is 0 Å². The van der Waals surface area contributed by atoms with Gasteiger partial charge in [0.05, 0.1) is 6.54 Å². The van der Waals surface area contributed by atoms with Crippen LogP contribution in [0.1, 0.15) is 31.2 Å². The van der Waals surface area contributed by atoms with Crippen molar-refractivity contribution in [1.82, 2.24) is 5.32 Å². The molecule has 0 unspecified atom stereocenters. The second-order valence-electron chi connectivity index (χ2n) is 4.55. The quantitative estimate of drug-likeness (QED) is 0.779. The number of thiophene rings is 1. The number of amides is 1. The zero-order chi connectivity index (χ0) is 12.9. The molecular weight excluding hydrogens is 234 g/mol. The van der Waals surface area contributed by atoms with Gasteiger partial charge in [-0.15, -0.1) is 11.3 Å². The molecule has 0 aliphatic carbocycles. The molecule has 0 aliphatic heterocycles. The average molecular weight is 251 g/mol. The van der Waals surface area contributed by atoms with Crippen molar-refractivity contribution in [3.63, 3.8) is 0 Å². The number of hydrogen-bond acceptors (Lipinski definition) is 3. The van der Waals surface area contributed by atoms with Crippen molar-refractivity contribution in [3.8, 4) is 11.8 Å². The molecule has 0 bridgehead atoms. The van der Waals surface area contributed by atoms with E-state index in [9.17, 15) is 4.79 Å². The maximum atomic E-state index is 11.3. The third-order valence-electron chi connectivity index (χ3n) is 1.80. The first-order valence-corrected chi connectivity index (χ1v) is 6.26. The third-order valence-corrected chi connectivity index (χ3v) is 2.65. The van der Waals surface area contributed by atoms with E-state index in [1.54, 1.807) is 11.3 Å². The molecule has 1 aromatic rings. The van der Waals surface area contributed by atoms with Crippen molar-refractivity contribution in [1.29, 1.82) is 0 Å². The van der Waals surface area contributed by atoms with Gasteiger partial charge >= 0.3 is 6.09 Å². The Hall–Kier alpha value is -1.47. The van der Waals surface area contributed by atoms with E-state index < -0.39 is 11.7 Å². The Morgan fingerprint density at radius 2 is 2.24 bits per heavy atom. The predicted octanol–water partition coefficient (Wildman–Crippen LogP) is 2.93. The first kappa shape index (κ1) is 13.6. The lowest BCUT2D eigenvalue weighted by Gasteiger charge is -2.18. The van der Waals surface area contributed by atoms with Crippen LogP contribution in [-0.4, -0.2) is 18.2 Å². The van der Waals surface area contributed by atoms with E-state index in [1.807, 2.05) is 39.1 Å². The number of ether oxygens (including phenoxy) is 1. The number of aryl methyl sites for hydroxylation is 1. The second-order valence-corrected chi connectivity index (χ2v) is 5.67. The van der Waals surface area contributed by atoms with E-state index in [-0.39, 0.29) is 0 Å². The van der Waals surface area contributed by atoms with Gasteiger partial charge in [0, 0.05) is 10.4 Å². The molecule has 0 atom stereocenters. The van der Waals surface area contributed by atoms with E-state index in [4.69, 9.17) is 4.74 Å². The highest BCUT2D eigenvalue weighted by molar-refractivity contribution is 7.10. The lowest BCUT2D eigenvalue weighted by Crippen LogP contribution is -2.32. The minimum atomic E-state index is -0.471. The Labute approximate surface area is 106 Å². The first-order chi connectivity index (χ1) is 7.88. The molecule has 3 nitrogen and oxygen atoms in total. The van der Waals surface area contributed by atoms with Crippen molar-refractivity contribution in [2.75, 3.05) is 6.54 Å². The molecule has 0 spiro atoms. The number of alkyl carbamates (subject to hydrolysis) is 1. The topological polar surface area (TPSA) is 38.3 Å². The van der Waals surface area contributed by atoms with Crippen molar-refractivity contribution in [3.05, 3.63) is 21.9 Å². The zero-order valence-electron chi connectivity index (χ0n) is 10.6. The second kappa shape index (κ2) is 5.74. The fraction of sp³-hybridized carbons (Fsp3) is 0.462. The molecular formula is C13H17NO2S. The van der Waals surface area contributed by atoms with Crippen molar-refractivity contribution in [2.24, 2.45) is 0 Å². The minimum Gasteiger partial charge on any atom is -0.444 e. The van der Waals surface area contributed by atoms with Crippen LogP contribution in [0.4, 0.5) is 4.79 Å². The lowest BCUT2D eigenvalue weighted by molar-refractivity contribution is 0.0535. The summed E-state index contributed by atoms with van der Waals surface area (Å²) in [4.78, 5) is 12.5. The molecule has 1 heterocycles. The Bertz CT molecular complexity index is 446. The van der Waals surface area contributed by atoms with Crippen LogP contribution in [-0.2, 0) is 4.74 Å². The van der Waals surface area contributed by atoms with E-state index >= 15 is 0 Å². The molecule has 92 valence electrons. The molecule has 1 aromatic heterocycles. The molecule has 1 rings (SSSR count). The van der Waals surface area contributed by atoms with Crippen LogP contribution < -0.4 is 5.32 Å². The van der Waals surface area contributed by atoms with Crippen LogP contribution in [0.15, 0.2) is 11.4 Å². The van der Waals surface area contributed by atoms with Gasteiger partial charge in [-0.25, -0.2) is 4.79 Å². The van der Waals surface area contributed by atoms with E-state index in [2.05, 4.69) is 17.2 Å². The van der Waals surface area contributed by atoms with Crippen molar-refractivity contribution in [2.45, 2.75) is 33.3 Å². The van der Waals surface area contributed by atoms with Gasteiger partial charge in [0.15, 0.2) is 0 Å². The summed E-state index contributed by atoms with van der Waals surface area (Å²) in [6.45, 7) is 7.80. The molecule has 1 amide bonds. The summed E-state index contributed by atoms with van der Waals surface area (Å²) >= 11 is 1.66. The average Bonchev–Trinajstić information content (AvgIpc) is 2.56. The van der Waals surface area contributed by atoms with Gasteiger partial charge in [0.1, 0.15) is 5.60 Å². The molecule has 0 saturated carbocycles. The molecule has 0 aromatic carbocycles. The predicted molar refractivity (Wildman–Crippen MR) is 70.2 cm³/mol. The van der Waals surface area contributed by atoms with Gasteiger partial charge in [0.2, 0.25) is 0 Å². The van der Waals surface area contributed by atoms with E-state index in [0.717, 1.165) is 5.56 Å². The Morgan fingerprint density at radius 1 is 1.53 bits per heavy atom. The number of hydrogen-bond donors (Lipinski definition) is 1. The standard InChI is InChI=1S/C13H17NO2S/c1-10-11(7-9-17-10)6-5-8-14-12(15)16-13(2,3)4/h7,9H,8H2,1-4H3,(H,14,15). The van der Waals surface area contributed by atoms with Gasteiger partial charge in [-0.05, 0) is 39.1 Å². The molecule has 0 saturated heterocycles. The number of rotatable bonds is 1. The summed E-state index contributed by atoms with van der Waals surface area (Å²) in [7, 11) is 0. The van der Waals surface area contributed by atoms with Crippen molar-refractivity contribution < 1.29 is 9.53 Å². The van der Waals surface area contributed by atoms with Gasteiger partial charge in [0.25, 0.3) is 0 Å². The molecule has 1 N–H and O–H groups in total. The van der Waals surface area contributed by atoms with E-state index in [0.29, 0.717) is 6.54 Å². The molecule has 17 heavy (non-hydrogen) atoms. The van der Waals surface area contributed by atoms with Gasteiger partial charge < -0.3 is 10.1 Å². The van der Waals surface area contributed by atoms with Gasteiger partial charge in [-0.1, -0.05) is 11.8 Å². The Morgan fingerprint density at radius 3 is 2.76 bits per heavy atom. The van der Waals surface area contributed by atoms with Crippen LogP contribution in [0.2, 0.25) is 0 Å². The Balaban J connectivity index is 2.36. The SMILES string of the molecule is Cc1sccc1C#CCNC(=O)OC(C)(C)C. The fourth-order valence-electron chi connectivity index (χ4n) is 1.08. The lowest BCUT2D eigenvalue weighted by atomic mass is 10.2. The van der Waals surface area contributed by atoms with Gasteiger partial charge in [-0.2, -0.15) is 0 Å². The fourth-order valence-corrected chi connectivity index (χ4v) is 1.74. The maximum absolute atomic E-state index is 11.3. The molecule has 0 aliphatic rings. The first-order valence-electron chi connectivity index (χ1n) is 5.38. The molecule has 4 heteroatoms. The Kier molecular flexibility index (Phi) is 4.59. The monoisotopic (exact) mass is 251 g/mol. The number of carbonyl (C=O) groups excluding carboxylic acids is 1. The summed E-state index contributed by atoms with van der Waals surface area (Å²) < 4.78 is 5.08. The number of nitrogens with one attached hydrogen (secondary N) is 1. The summed E-state index contributed by atoms with van der Waals surface area (Å²) in [5.41, 5.74) is 0.544. The van der Waals surface area contributed by atoms with Gasteiger partial charge in [-0.3, -0.25) is 0 Å². The van der Waals surface area contributed by atoms with Crippen LogP contribution >= 0.6 is 11.3 Å². The van der Waals surface area contributed by atoms with Crippen LogP contribution in [0.3, 0.4) is 0 Å². The summed E-state index contributed by atoms with van der Waals surface area (Å²) in [6.07, 6.45) is -0.436. The minimum absolute atomic E-state index is 0.296.